The van der Waals surface area contributed by atoms with Crippen molar-refractivity contribution < 1.29 is 9.53 Å². The number of hydrogen-bond donors (Lipinski definition) is 0. The van der Waals surface area contributed by atoms with Gasteiger partial charge in [-0.25, -0.2) is 0 Å². The summed E-state index contributed by atoms with van der Waals surface area (Å²) in [5.74, 6) is 0.353. The quantitative estimate of drug-likeness (QED) is 0.652. The molecular weight excluding hydrogens is 202 g/mol. The van der Waals surface area contributed by atoms with E-state index in [0.29, 0.717) is 18.8 Å². The van der Waals surface area contributed by atoms with Gasteiger partial charge in [-0.15, -0.1) is 0 Å². The number of carbonyl (C=O) groups excluding carboxylic acids is 1. The minimum atomic E-state index is -0.284. The van der Waals surface area contributed by atoms with Gasteiger partial charge in [-0.05, 0) is 46.2 Å². The molecule has 94 valence electrons. The topological polar surface area (TPSA) is 29.5 Å². The minimum absolute atomic E-state index is 0.284. The number of ether oxygens (including phenoxy) is 1. The van der Waals surface area contributed by atoms with Gasteiger partial charge in [-0.1, -0.05) is 6.42 Å². The molecular formula is C13H25NO2. The molecule has 0 amide bonds. The molecule has 1 saturated heterocycles. The zero-order valence-corrected chi connectivity index (χ0v) is 10.9. The summed E-state index contributed by atoms with van der Waals surface area (Å²) in [6.45, 7) is 6.95. The third kappa shape index (κ3) is 3.56. The van der Waals surface area contributed by atoms with E-state index in [1.807, 2.05) is 0 Å². The molecule has 3 heteroatoms. The van der Waals surface area contributed by atoms with E-state index in [0.717, 1.165) is 19.5 Å². The second-order valence-corrected chi connectivity index (χ2v) is 5.13. The van der Waals surface area contributed by atoms with Crippen LogP contribution in [0, 0.1) is 0 Å². The molecule has 0 spiro atoms. The Kier molecular flexibility index (Phi) is 5.42. The number of ketones is 1. The molecule has 0 aromatic carbocycles. The van der Waals surface area contributed by atoms with Crippen LogP contribution in [0.3, 0.4) is 0 Å². The van der Waals surface area contributed by atoms with Gasteiger partial charge in [0.15, 0.2) is 5.78 Å². The Morgan fingerprint density at radius 3 is 2.44 bits per heavy atom. The van der Waals surface area contributed by atoms with Gasteiger partial charge in [-0.3, -0.25) is 9.69 Å². The van der Waals surface area contributed by atoms with Crippen molar-refractivity contribution in [1.29, 1.82) is 0 Å². The first kappa shape index (κ1) is 13.7. The Bertz CT molecular complexity index is 220. The maximum atomic E-state index is 12.1. The van der Waals surface area contributed by atoms with E-state index in [2.05, 4.69) is 18.7 Å². The van der Waals surface area contributed by atoms with Crippen LogP contribution in [0.25, 0.3) is 0 Å². The van der Waals surface area contributed by atoms with Crippen LogP contribution in [0.15, 0.2) is 0 Å². The molecule has 1 heterocycles. The first-order valence-electron chi connectivity index (χ1n) is 6.36. The Morgan fingerprint density at radius 1 is 1.25 bits per heavy atom. The molecule has 0 radical (unpaired) electrons. The first-order valence-corrected chi connectivity index (χ1v) is 6.36. The van der Waals surface area contributed by atoms with Crippen molar-refractivity contribution in [2.45, 2.75) is 51.5 Å². The monoisotopic (exact) mass is 227 g/mol. The van der Waals surface area contributed by atoms with Crippen molar-refractivity contribution in [3.63, 3.8) is 0 Å². The van der Waals surface area contributed by atoms with E-state index in [9.17, 15) is 4.79 Å². The molecule has 0 aromatic rings. The molecule has 0 unspecified atom stereocenters. The van der Waals surface area contributed by atoms with E-state index in [1.54, 1.807) is 7.11 Å². The van der Waals surface area contributed by atoms with Crippen LogP contribution in [0.5, 0.6) is 0 Å². The van der Waals surface area contributed by atoms with E-state index in [1.165, 1.54) is 19.3 Å². The summed E-state index contributed by atoms with van der Waals surface area (Å²) in [6, 6.07) is 0. The standard InChI is InChI=1S/C13H25NO2/c1-13(2,12(15)8-7-11-16-3)14-9-5-4-6-10-14/h4-11H2,1-3H3. The lowest BCUT2D eigenvalue weighted by Gasteiger charge is -2.39. The van der Waals surface area contributed by atoms with Gasteiger partial charge in [0.2, 0.25) is 0 Å². The number of piperidine rings is 1. The van der Waals surface area contributed by atoms with Gasteiger partial charge in [-0.2, -0.15) is 0 Å². The third-order valence-electron chi connectivity index (χ3n) is 3.58. The van der Waals surface area contributed by atoms with Gasteiger partial charge in [0.05, 0.1) is 5.54 Å². The van der Waals surface area contributed by atoms with Crippen molar-refractivity contribution >= 4 is 5.78 Å². The molecule has 1 fully saturated rings. The van der Waals surface area contributed by atoms with Crippen molar-refractivity contribution in [3.8, 4) is 0 Å². The van der Waals surface area contributed by atoms with Gasteiger partial charge < -0.3 is 4.74 Å². The maximum absolute atomic E-state index is 12.1. The van der Waals surface area contributed by atoms with Crippen molar-refractivity contribution in [2.75, 3.05) is 26.8 Å². The van der Waals surface area contributed by atoms with Crippen LogP contribution in [0.2, 0.25) is 0 Å². The largest absolute Gasteiger partial charge is 0.385 e. The second kappa shape index (κ2) is 6.36. The van der Waals surface area contributed by atoms with E-state index >= 15 is 0 Å². The summed E-state index contributed by atoms with van der Waals surface area (Å²) < 4.78 is 4.98. The first-order chi connectivity index (χ1) is 7.59. The number of nitrogens with zero attached hydrogens (tertiary/aromatic N) is 1. The molecule has 0 saturated carbocycles. The molecule has 0 atom stereocenters. The number of Topliss-reactive ketones (excluding diaryl/α,β-unsaturated/α-hetero) is 1. The highest BCUT2D eigenvalue weighted by Gasteiger charge is 2.33. The summed E-state index contributed by atoms with van der Waals surface area (Å²) in [6.07, 6.45) is 5.25. The molecule has 0 N–H and O–H groups in total. The number of likely N-dealkylation sites (tertiary alicyclic amines) is 1. The molecule has 0 aliphatic carbocycles. The second-order valence-electron chi connectivity index (χ2n) is 5.13. The predicted octanol–water partition coefficient (Wildman–Crippen LogP) is 2.25. The van der Waals surface area contributed by atoms with Gasteiger partial charge in [0, 0.05) is 20.1 Å². The molecule has 16 heavy (non-hydrogen) atoms. The molecule has 1 rings (SSSR count). The lowest BCUT2D eigenvalue weighted by molar-refractivity contribution is -0.130. The number of hydrogen-bond acceptors (Lipinski definition) is 3. The molecule has 0 bridgehead atoms. The highest BCUT2D eigenvalue weighted by molar-refractivity contribution is 5.87. The molecule has 1 aliphatic heterocycles. The summed E-state index contributed by atoms with van der Waals surface area (Å²) in [5, 5.41) is 0. The SMILES string of the molecule is COCCCC(=O)C(C)(C)N1CCCCC1. The summed E-state index contributed by atoms with van der Waals surface area (Å²) >= 11 is 0. The van der Waals surface area contributed by atoms with Crippen molar-refractivity contribution in [3.05, 3.63) is 0 Å². The maximum Gasteiger partial charge on any atom is 0.152 e. The fourth-order valence-electron chi connectivity index (χ4n) is 2.31. The predicted molar refractivity (Wildman–Crippen MR) is 65.6 cm³/mol. The zero-order chi connectivity index (χ0) is 12.0. The smallest absolute Gasteiger partial charge is 0.152 e. The number of carbonyl (C=O) groups is 1. The van der Waals surface area contributed by atoms with E-state index in [4.69, 9.17) is 4.74 Å². The Morgan fingerprint density at radius 2 is 1.88 bits per heavy atom. The van der Waals surface area contributed by atoms with E-state index < -0.39 is 0 Å². The molecule has 0 aromatic heterocycles. The Labute approximate surface area is 99.1 Å². The van der Waals surface area contributed by atoms with Crippen LogP contribution in [0.4, 0.5) is 0 Å². The lowest BCUT2D eigenvalue weighted by atomic mass is 9.91. The summed E-state index contributed by atoms with van der Waals surface area (Å²) in [5.41, 5.74) is -0.284. The van der Waals surface area contributed by atoms with Crippen molar-refractivity contribution in [1.82, 2.24) is 4.90 Å². The van der Waals surface area contributed by atoms with Gasteiger partial charge in [0.25, 0.3) is 0 Å². The highest BCUT2D eigenvalue weighted by atomic mass is 16.5. The fraction of sp³-hybridized carbons (Fsp3) is 0.923. The van der Waals surface area contributed by atoms with Crippen LogP contribution < -0.4 is 0 Å². The third-order valence-corrected chi connectivity index (χ3v) is 3.58. The fourth-order valence-corrected chi connectivity index (χ4v) is 2.31. The van der Waals surface area contributed by atoms with Gasteiger partial charge >= 0.3 is 0 Å². The number of methoxy groups -OCH3 is 1. The average molecular weight is 227 g/mol. The number of rotatable bonds is 6. The highest BCUT2D eigenvalue weighted by Crippen LogP contribution is 2.22. The minimum Gasteiger partial charge on any atom is -0.385 e. The van der Waals surface area contributed by atoms with Gasteiger partial charge in [0.1, 0.15) is 0 Å². The molecule has 3 nitrogen and oxygen atoms in total. The lowest BCUT2D eigenvalue weighted by Crippen LogP contribution is -2.52. The summed E-state index contributed by atoms with van der Waals surface area (Å²) in [7, 11) is 1.68. The Balaban J connectivity index is 2.43. The van der Waals surface area contributed by atoms with Crippen LogP contribution in [0.1, 0.15) is 46.0 Å². The summed E-state index contributed by atoms with van der Waals surface area (Å²) in [4.78, 5) is 14.5. The van der Waals surface area contributed by atoms with Crippen LogP contribution in [-0.2, 0) is 9.53 Å². The normalized spacial score (nSPS) is 18.7. The Hall–Kier alpha value is -0.410. The van der Waals surface area contributed by atoms with Crippen LogP contribution >= 0.6 is 0 Å². The zero-order valence-electron chi connectivity index (χ0n) is 10.9. The van der Waals surface area contributed by atoms with Crippen LogP contribution in [-0.4, -0.2) is 43.0 Å². The molecule has 1 aliphatic rings. The van der Waals surface area contributed by atoms with E-state index in [-0.39, 0.29) is 5.54 Å². The van der Waals surface area contributed by atoms with Crippen molar-refractivity contribution in [2.24, 2.45) is 0 Å². The average Bonchev–Trinajstić information content (AvgIpc) is 2.30.